The van der Waals surface area contributed by atoms with Gasteiger partial charge in [-0.3, -0.25) is 9.69 Å². The standard InChI is InChI=1S/C12H15NO2/c14-12(9-13-7-4-8-13)15-10-11-5-2-1-3-6-11/h1-3,5-6H,4,7-10H2. The minimum absolute atomic E-state index is 0.126. The second-order valence-corrected chi connectivity index (χ2v) is 3.78. The quantitative estimate of drug-likeness (QED) is 0.696. The monoisotopic (exact) mass is 205 g/mol. The summed E-state index contributed by atoms with van der Waals surface area (Å²) >= 11 is 0. The molecule has 1 aromatic carbocycles. The van der Waals surface area contributed by atoms with E-state index in [1.165, 1.54) is 6.42 Å². The Hall–Kier alpha value is -1.35. The van der Waals surface area contributed by atoms with Gasteiger partial charge in [-0.25, -0.2) is 0 Å². The lowest BCUT2D eigenvalue weighted by atomic mass is 10.2. The fraction of sp³-hybridized carbons (Fsp3) is 0.417. The van der Waals surface area contributed by atoms with Gasteiger partial charge in [-0.15, -0.1) is 0 Å². The Balaban J connectivity index is 1.71. The van der Waals surface area contributed by atoms with Crippen molar-refractivity contribution in [2.24, 2.45) is 0 Å². The SMILES string of the molecule is O=C(CN1CCC1)OCc1ccccc1. The number of hydrogen-bond acceptors (Lipinski definition) is 3. The molecule has 0 saturated carbocycles. The van der Waals surface area contributed by atoms with Crippen LogP contribution in [0.25, 0.3) is 0 Å². The average Bonchev–Trinajstić information content (AvgIpc) is 2.22. The molecule has 3 nitrogen and oxygen atoms in total. The zero-order valence-electron chi connectivity index (χ0n) is 8.69. The molecule has 1 fully saturated rings. The molecule has 80 valence electrons. The zero-order chi connectivity index (χ0) is 10.5. The number of carbonyl (C=O) groups excluding carboxylic acids is 1. The minimum atomic E-state index is -0.126. The predicted octanol–water partition coefficient (Wildman–Crippen LogP) is 1.44. The Morgan fingerprint density at radius 2 is 2.00 bits per heavy atom. The summed E-state index contributed by atoms with van der Waals surface area (Å²) in [6.07, 6.45) is 1.20. The van der Waals surface area contributed by atoms with E-state index in [1.54, 1.807) is 0 Å². The second-order valence-electron chi connectivity index (χ2n) is 3.78. The van der Waals surface area contributed by atoms with Crippen LogP contribution in [-0.2, 0) is 16.1 Å². The molecule has 0 N–H and O–H groups in total. The summed E-state index contributed by atoms with van der Waals surface area (Å²) in [5, 5.41) is 0. The van der Waals surface area contributed by atoms with Crippen LogP contribution in [0.1, 0.15) is 12.0 Å². The van der Waals surface area contributed by atoms with Gasteiger partial charge in [-0.2, -0.15) is 0 Å². The lowest BCUT2D eigenvalue weighted by Gasteiger charge is -2.29. The Morgan fingerprint density at radius 3 is 2.60 bits per heavy atom. The highest BCUT2D eigenvalue weighted by atomic mass is 16.5. The highest BCUT2D eigenvalue weighted by molar-refractivity contribution is 5.71. The van der Waals surface area contributed by atoms with E-state index >= 15 is 0 Å². The molecule has 1 aliphatic heterocycles. The Kier molecular flexibility index (Phi) is 3.35. The summed E-state index contributed by atoms with van der Waals surface area (Å²) < 4.78 is 5.15. The molecule has 3 heteroatoms. The first-order valence-corrected chi connectivity index (χ1v) is 5.26. The fourth-order valence-electron chi connectivity index (χ4n) is 1.51. The lowest BCUT2D eigenvalue weighted by Crippen LogP contribution is -2.41. The summed E-state index contributed by atoms with van der Waals surface area (Å²) in [6, 6.07) is 9.75. The van der Waals surface area contributed by atoms with Crippen LogP contribution in [0.15, 0.2) is 30.3 Å². The molecule has 2 rings (SSSR count). The van der Waals surface area contributed by atoms with E-state index in [1.807, 2.05) is 30.3 Å². The molecule has 1 aromatic rings. The number of carbonyl (C=O) groups is 1. The maximum atomic E-state index is 11.4. The van der Waals surface area contributed by atoms with Crippen LogP contribution in [-0.4, -0.2) is 30.5 Å². The van der Waals surface area contributed by atoms with Crippen molar-refractivity contribution in [2.45, 2.75) is 13.0 Å². The van der Waals surface area contributed by atoms with Crippen LogP contribution in [0.4, 0.5) is 0 Å². The molecular weight excluding hydrogens is 190 g/mol. The molecule has 15 heavy (non-hydrogen) atoms. The summed E-state index contributed by atoms with van der Waals surface area (Å²) in [5.41, 5.74) is 1.04. The van der Waals surface area contributed by atoms with Gasteiger partial charge in [0.05, 0.1) is 6.54 Å². The van der Waals surface area contributed by atoms with Crippen molar-refractivity contribution >= 4 is 5.97 Å². The first-order chi connectivity index (χ1) is 7.34. The number of hydrogen-bond donors (Lipinski definition) is 0. The molecule has 0 aromatic heterocycles. The van der Waals surface area contributed by atoms with E-state index in [0.29, 0.717) is 13.2 Å². The second kappa shape index (κ2) is 4.94. The van der Waals surface area contributed by atoms with E-state index in [-0.39, 0.29) is 5.97 Å². The summed E-state index contributed by atoms with van der Waals surface area (Å²) in [7, 11) is 0. The smallest absolute Gasteiger partial charge is 0.320 e. The number of nitrogens with zero attached hydrogens (tertiary/aromatic N) is 1. The van der Waals surface area contributed by atoms with Gasteiger partial charge >= 0.3 is 5.97 Å². The van der Waals surface area contributed by atoms with Gasteiger partial charge in [0.1, 0.15) is 6.61 Å². The van der Waals surface area contributed by atoms with Crippen LogP contribution in [0.2, 0.25) is 0 Å². The molecule has 0 spiro atoms. The highest BCUT2D eigenvalue weighted by Gasteiger charge is 2.17. The van der Waals surface area contributed by atoms with Crippen molar-refractivity contribution in [3.8, 4) is 0 Å². The third kappa shape index (κ3) is 3.06. The fourth-order valence-corrected chi connectivity index (χ4v) is 1.51. The molecule has 0 radical (unpaired) electrons. The van der Waals surface area contributed by atoms with Crippen LogP contribution in [0.3, 0.4) is 0 Å². The van der Waals surface area contributed by atoms with Crippen molar-refractivity contribution < 1.29 is 9.53 Å². The van der Waals surface area contributed by atoms with Gasteiger partial charge in [0.2, 0.25) is 0 Å². The Bertz CT molecular complexity index is 320. The maximum Gasteiger partial charge on any atom is 0.320 e. The molecule has 1 aliphatic rings. The Morgan fingerprint density at radius 1 is 1.27 bits per heavy atom. The van der Waals surface area contributed by atoms with Crippen LogP contribution < -0.4 is 0 Å². The molecule has 0 bridgehead atoms. The van der Waals surface area contributed by atoms with Crippen molar-refractivity contribution in [3.05, 3.63) is 35.9 Å². The Labute approximate surface area is 89.7 Å². The third-order valence-corrected chi connectivity index (χ3v) is 2.54. The first kappa shape index (κ1) is 10.2. The van der Waals surface area contributed by atoms with Gasteiger partial charge in [0.15, 0.2) is 0 Å². The molecular formula is C12H15NO2. The van der Waals surface area contributed by atoms with Crippen LogP contribution >= 0.6 is 0 Å². The summed E-state index contributed by atoms with van der Waals surface area (Å²) in [6.45, 7) is 2.88. The highest BCUT2D eigenvalue weighted by Crippen LogP contribution is 2.06. The lowest BCUT2D eigenvalue weighted by molar-refractivity contribution is -0.147. The number of likely N-dealkylation sites (tertiary alicyclic amines) is 1. The predicted molar refractivity (Wildman–Crippen MR) is 57.3 cm³/mol. The molecule has 1 heterocycles. The van der Waals surface area contributed by atoms with Gasteiger partial charge in [-0.1, -0.05) is 30.3 Å². The summed E-state index contributed by atoms with van der Waals surface area (Å²) in [4.78, 5) is 13.4. The molecule has 1 saturated heterocycles. The van der Waals surface area contributed by atoms with E-state index in [9.17, 15) is 4.79 Å². The minimum Gasteiger partial charge on any atom is -0.460 e. The van der Waals surface area contributed by atoms with Crippen LogP contribution in [0, 0.1) is 0 Å². The average molecular weight is 205 g/mol. The number of rotatable bonds is 4. The maximum absolute atomic E-state index is 11.4. The largest absolute Gasteiger partial charge is 0.460 e. The van der Waals surface area contributed by atoms with Crippen molar-refractivity contribution in [1.82, 2.24) is 4.90 Å². The van der Waals surface area contributed by atoms with Gasteiger partial charge in [0.25, 0.3) is 0 Å². The van der Waals surface area contributed by atoms with E-state index in [4.69, 9.17) is 4.74 Å². The zero-order valence-corrected chi connectivity index (χ0v) is 8.69. The van der Waals surface area contributed by atoms with Gasteiger partial charge in [-0.05, 0) is 25.1 Å². The van der Waals surface area contributed by atoms with E-state index < -0.39 is 0 Å². The van der Waals surface area contributed by atoms with E-state index in [2.05, 4.69) is 4.90 Å². The molecule has 0 atom stereocenters. The first-order valence-electron chi connectivity index (χ1n) is 5.26. The molecule has 0 aliphatic carbocycles. The summed E-state index contributed by atoms with van der Waals surface area (Å²) in [5.74, 6) is -0.126. The normalized spacial score (nSPS) is 15.7. The topological polar surface area (TPSA) is 29.5 Å². The number of ether oxygens (including phenoxy) is 1. The third-order valence-electron chi connectivity index (χ3n) is 2.54. The molecule has 0 amide bonds. The number of esters is 1. The molecule has 0 unspecified atom stereocenters. The van der Waals surface area contributed by atoms with Crippen molar-refractivity contribution in [3.63, 3.8) is 0 Å². The van der Waals surface area contributed by atoms with E-state index in [0.717, 1.165) is 18.7 Å². The van der Waals surface area contributed by atoms with Crippen LogP contribution in [0.5, 0.6) is 0 Å². The van der Waals surface area contributed by atoms with Crippen molar-refractivity contribution in [2.75, 3.05) is 19.6 Å². The van der Waals surface area contributed by atoms with Crippen molar-refractivity contribution in [1.29, 1.82) is 0 Å². The number of benzene rings is 1. The van der Waals surface area contributed by atoms with Gasteiger partial charge < -0.3 is 4.74 Å². The van der Waals surface area contributed by atoms with Gasteiger partial charge in [0, 0.05) is 0 Å².